The van der Waals surface area contributed by atoms with Crippen molar-refractivity contribution in [3.63, 3.8) is 0 Å². The first-order valence-electron chi connectivity index (χ1n) is 8.55. The Morgan fingerprint density at radius 2 is 1.96 bits per heavy atom. The second-order valence-electron chi connectivity index (χ2n) is 6.61. The van der Waals surface area contributed by atoms with E-state index in [2.05, 4.69) is 23.5 Å². The first-order valence-corrected chi connectivity index (χ1v) is 8.55. The quantitative estimate of drug-likeness (QED) is 0.866. The maximum atomic E-state index is 13.7. The molecule has 1 amide bonds. The number of nitrogens with one attached hydrogen (secondary N) is 2. The summed E-state index contributed by atoms with van der Waals surface area (Å²) in [6.07, 6.45) is 3.16. The summed E-state index contributed by atoms with van der Waals surface area (Å²) in [4.78, 5) is 13.4. The van der Waals surface area contributed by atoms with E-state index < -0.39 is 0 Å². The third kappa shape index (κ3) is 4.01. The number of aryl methyl sites for hydroxylation is 1. The van der Waals surface area contributed by atoms with E-state index in [1.165, 1.54) is 17.2 Å². The molecule has 0 saturated heterocycles. The topological polar surface area (TPSA) is 33.5 Å². The van der Waals surface area contributed by atoms with E-state index in [1.54, 1.807) is 12.1 Å². The van der Waals surface area contributed by atoms with Crippen molar-refractivity contribution in [1.82, 2.24) is 5.32 Å². The SMILES string of the molecule is C[NH+](CC(=O)N[C@H]1CCCc2ccccc21)Cc1ccccc1F. The smallest absolute Gasteiger partial charge is 0.275 e. The van der Waals surface area contributed by atoms with Crippen LogP contribution in [0.25, 0.3) is 0 Å². The minimum atomic E-state index is -0.210. The summed E-state index contributed by atoms with van der Waals surface area (Å²) < 4.78 is 13.7. The minimum absolute atomic E-state index is 0.0190. The largest absolute Gasteiger partial charge is 0.344 e. The standard InChI is InChI=1S/C20H23FN2O/c1-23(13-16-8-3-5-11-18(16)21)14-20(24)22-19-12-6-9-15-7-2-4-10-17(15)19/h2-5,7-8,10-11,19H,6,9,12-14H2,1H3,(H,22,24)/p+1/t19-/m0/s1. The van der Waals surface area contributed by atoms with Crippen LogP contribution in [0, 0.1) is 5.82 Å². The number of rotatable bonds is 5. The molecule has 1 aliphatic rings. The maximum Gasteiger partial charge on any atom is 0.275 e. The van der Waals surface area contributed by atoms with Gasteiger partial charge in [0.1, 0.15) is 12.4 Å². The van der Waals surface area contributed by atoms with E-state index in [-0.39, 0.29) is 17.8 Å². The molecule has 3 nitrogen and oxygen atoms in total. The Bertz CT molecular complexity index is 716. The van der Waals surface area contributed by atoms with Crippen LogP contribution in [0.3, 0.4) is 0 Å². The number of hydrogen-bond acceptors (Lipinski definition) is 1. The number of likely N-dealkylation sites (N-methyl/N-ethyl adjacent to an activating group) is 1. The second-order valence-corrected chi connectivity index (χ2v) is 6.61. The van der Waals surface area contributed by atoms with Crippen molar-refractivity contribution >= 4 is 5.91 Å². The number of carbonyl (C=O) groups is 1. The number of quaternary nitrogens is 1. The Morgan fingerprint density at radius 3 is 2.79 bits per heavy atom. The van der Waals surface area contributed by atoms with Crippen LogP contribution in [-0.2, 0) is 17.8 Å². The average molecular weight is 327 g/mol. The van der Waals surface area contributed by atoms with Gasteiger partial charge in [0.05, 0.1) is 13.1 Å². The number of amides is 1. The first-order chi connectivity index (χ1) is 11.6. The van der Waals surface area contributed by atoms with E-state index in [0.29, 0.717) is 18.7 Å². The number of halogens is 1. The molecular formula is C20H24FN2O+. The zero-order valence-electron chi connectivity index (χ0n) is 14.0. The molecule has 0 heterocycles. The molecule has 2 aromatic carbocycles. The van der Waals surface area contributed by atoms with Crippen LogP contribution >= 0.6 is 0 Å². The molecule has 4 heteroatoms. The van der Waals surface area contributed by atoms with Crippen molar-refractivity contribution < 1.29 is 14.1 Å². The van der Waals surface area contributed by atoms with Crippen molar-refractivity contribution in [2.45, 2.75) is 31.8 Å². The zero-order valence-corrected chi connectivity index (χ0v) is 14.0. The summed E-state index contributed by atoms with van der Waals surface area (Å²) in [5.41, 5.74) is 3.22. The highest BCUT2D eigenvalue weighted by atomic mass is 19.1. The number of fused-ring (bicyclic) bond motifs is 1. The third-order valence-corrected chi connectivity index (χ3v) is 4.62. The van der Waals surface area contributed by atoms with Gasteiger partial charge in [-0.05, 0) is 36.5 Å². The first kappa shape index (κ1) is 16.7. The van der Waals surface area contributed by atoms with E-state index in [9.17, 15) is 9.18 Å². The van der Waals surface area contributed by atoms with Crippen molar-refractivity contribution in [1.29, 1.82) is 0 Å². The molecule has 0 spiro atoms. The molecule has 2 N–H and O–H groups in total. The van der Waals surface area contributed by atoms with E-state index in [1.807, 2.05) is 19.2 Å². The molecule has 0 bridgehead atoms. The van der Waals surface area contributed by atoms with Crippen molar-refractivity contribution in [3.05, 3.63) is 71.0 Å². The van der Waals surface area contributed by atoms with Gasteiger partial charge in [-0.25, -0.2) is 4.39 Å². The summed E-state index contributed by atoms with van der Waals surface area (Å²) in [6, 6.07) is 15.2. The van der Waals surface area contributed by atoms with E-state index in [4.69, 9.17) is 0 Å². The Labute approximate surface area is 142 Å². The van der Waals surface area contributed by atoms with Gasteiger partial charge >= 0.3 is 0 Å². The maximum absolute atomic E-state index is 13.7. The molecule has 0 aromatic heterocycles. The summed E-state index contributed by atoms with van der Waals surface area (Å²) in [7, 11) is 1.92. The summed E-state index contributed by atoms with van der Waals surface area (Å²) in [5.74, 6) is -0.191. The minimum Gasteiger partial charge on any atom is -0.344 e. The van der Waals surface area contributed by atoms with Crippen LogP contribution in [0.4, 0.5) is 4.39 Å². The van der Waals surface area contributed by atoms with Gasteiger partial charge in [-0.1, -0.05) is 42.5 Å². The molecule has 2 aromatic rings. The van der Waals surface area contributed by atoms with Crippen LogP contribution in [-0.4, -0.2) is 19.5 Å². The van der Waals surface area contributed by atoms with Crippen LogP contribution in [0.15, 0.2) is 48.5 Å². The van der Waals surface area contributed by atoms with Gasteiger partial charge in [0.15, 0.2) is 6.54 Å². The summed E-state index contributed by atoms with van der Waals surface area (Å²) in [5, 5.41) is 3.15. The summed E-state index contributed by atoms with van der Waals surface area (Å²) >= 11 is 0. The number of carbonyl (C=O) groups excluding carboxylic acids is 1. The van der Waals surface area contributed by atoms with Gasteiger partial charge in [0.2, 0.25) is 0 Å². The zero-order chi connectivity index (χ0) is 16.9. The van der Waals surface area contributed by atoms with Gasteiger partial charge in [0, 0.05) is 5.56 Å². The van der Waals surface area contributed by atoms with Gasteiger partial charge in [-0.2, -0.15) is 0 Å². The average Bonchev–Trinajstić information content (AvgIpc) is 2.57. The molecule has 1 unspecified atom stereocenters. The highest BCUT2D eigenvalue weighted by molar-refractivity contribution is 5.77. The predicted molar refractivity (Wildman–Crippen MR) is 92.1 cm³/mol. The molecule has 0 radical (unpaired) electrons. The molecule has 2 atom stereocenters. The molecule has 0 fully saturated rings. The highest BCUT2D eigenvalue weighted by Gasteiger charge is 2.22. The van der Waals surface area contributed by atoms with Crippen LogP contribution < -0.4 is 10.2 Å². The lowest BCUT2D eigenvalue weighted by molar-refractivity contribution is -0.885. The molecule has 1 aliphatic carbocycles. The lowest BCUT2D eigenvalue weighted by Gasteiger charge is -2.26. The monoisotopic (exact) mass is 327 g/mol. The van der Waals surface area contributed by atoms with E-state index >= 15 is 0 Å². The lowest BCUT2D eigenvalue weighted by Crippen LogP contribution is -3.09. The Morgan fingerprint density at radius 1 is 1.21 bits per heavy atom. The van der Waals surface area contributed by atoms with E-state index in [0.717, 1.165) is 24.2 Å². The Kier molecular flexibility index (Phi) is 5.26. The lowest BCUT2D eigenvalue weighted by atomic mass is 9.88. The predicted octanol–water partition coefficient (Wildman–Crippen LogP) is 2.03. The fourth-order valence-corrected chi connectivity index (χ4v) is 3.45. The highest BCUT2D eigenvalue weighted by Crippen LogP contribution is 2.29. The number of benzene rings is 2. The molecule has 126 valence electrons. The third-order valence-electron chi connectivity index (χ3n) is 4.62. The van der Waals surface area contributed by atoms with Crippen molar-refractivity contribution in [2.75, 3.05) is 13.6 Å². The molecule has 24 heavy (non-hydrogen) atoms. The van der Waals surface area contributed by atoms with Crippen LogP contribution in [0.1, 0.15) is 35.6 Å². The summed E-state index contributed by atoms with van der Waals surface area (Å²) in [6.45, 7) is 0.842. The fourth-order valence-electron chi connectivity index (χ4n) is 3.45. The molecule has 0 aliphatic heterocycles. The molecule has 3 rings (SSSR count). The van der Waals surface area contributed by atoms with Gasteiger partial charge in [0.25, 0.3) is 5.91 Å². The molecular weight excluding hydrogens is 303 g/mol. The second kappa shape index (κ2) is 7.58. The van der Waals surface area contributed by atoms with Gasteiger partial charge < -0.3 is 10.2 Å². The van der Waals surface area contributed by atoms with Crippen LogP contribution in [0.5, 0.6) is 0 Å². The molecule has 0 saturated carbocycles. The van der Waals surface area contributed by atoms with Crippen molar-refractivity contribution in [2.24, 2.45) is 0 Å². The normalized spacial score (nSPS) is 17.8. The Balaban J connectivity index is 1.57. The van der Waals surface area contributed by atoms with Crippen LogP contribution in [0.2, 0.25) is 0 Å². The van der Waals surface area contributed by atoms with Gasteiger partial charge in [-0.15, -0.1) is 0 Å². The number of hydrogen-bond donors (Lipinski definition) is 2. The van der Waals surface area contributed by atoms with Gasteiger partial charge in [-0.3, -0.25) is 4.79 Å². The Hall–Kier alpha value is -2.20. The fraction of sp³-hybridized carbons (Fsp3) is 0.350. The van der Waals surface area contributed by atoms with Crippen molar-refractivity contribution in [3.8, 4) is 0 Å².